The number of methoxy groups -OCH3 is 1. The van der Waals surface area contributed by atoms with E-state index in [0.29, 0.717) is 11.5 Å². The number of ether oxygens (including phenoxy) is 2. The molecule has 2 aliphatic carbocycles. The molecule has 2 saturated carbocycles. The number of benzene rings is 2. The minimum absolute atomic E-state index is 0.108. The number of hydrogen-bond acceptors (Lipinski definition) is 6. The Morgan fingerprint density at radius 3 is 2.62 bits per heavy atom. The number of carbonyl (C=O) groups is 1. The van der Waals surface area contributed by atoms with Gasteiger partial charge in [-0.3, -0.25) is 4.68 Å². The molecule has 0 N–H and O–H groups in total. The van der Waals surface area contributed by atoms with Crippen LogP contribution in [-0.4, -0.2) is 44.0 Å². The van der Waals surface area contributed by atoms with Crippen molar-refractivity contribution >= 4 is 5.97 Å². The Kier molecular flexibility index (Phi) is 7.17. The molecule has 4 aromatic rings. The normalized spacial score (nSPS) is 19.8. The number of aryl methyl sites for hydroxylation is 1. The van der Waals surface area contributed by atoms with Crippen molar-refractivity contribution in [1.82, 2.24) is 24.8 Å². The third-order valence-corrected chi connectivity index (χ3v) is 8.67. The zero-order valence-corrected chi connectivity index (χ0v) is 23.7. The third kappa shape index (κ3) is 5.03. The molecule has 2 heterocycles. The second-order valence-corrected chi connectivity index (χ2v) is 11.3. The molecule has 0 spiro atoms. The maximum atomic E-state index is 12.7. The molecule has 3 unspecified atom stereocenters. The van der Waals surface area contributed by atoms with Crippen LogP contribution in [0.4, 0.5) is 0 Å². The van der Waals surface area contributed by atoms with Crippen molar-refractivity contribution in [3.8, 4) is 22.6 Å². The molecule has 2 fully saturated rings. The van der Waals surface area contributed by atoms with Gasteiger partial charge in [0.2, 0.25) is 0 Å². The molecule has 0 saturated heterocycles. The summed E-state index contributed by atoms with van der Waals surface area (Å²) in [5.41, 5.74) is 6.51. The zero-order valence-electron chi connectivity index (χ0n) is 23.7. The first-order valence-electron chi connectivity index (χ1n) is 14.3. The van der Waals surface area contributed by atoms with Gasteiger partial charge in [0.25, 0.3) is 0 Å². The first-order chi connectivity index (χ1) is 19.4. The highest BCUT2D eigenvalue weighted by molar-refractivity contribution is 5.91. The summed E-state index contributed by atoms with van der Waals surface area (Å²) in [5, 5.41) is 13.1. The van der Waals surface area contributed by atoms with E-state index in [9.17, 15) is 4.79 Å². The van der Waals surface area contributed by atoms with Crippen molar-refractivity contribution in [2.75, 3.05) is 7.11 Å². The van der Waals surface area contributed by atoms with Gasteiger partial charge in [0.05, 0.1) is 36.5 Å². The maximum absolute atomic E-state index is 12.7. The second kappa shape index (κ2) is 10.9. The van der Waals surface area contributed by atoms with Crippen LogP contribution in [0.5, 0.6) is 5.75 Å². The Balaban J connectivity index is 1.32. The Bertz CT molecular complexity index is 1520. The minimum Gasteiger partial charge on any atom is -0.490 e. The summed E-state index contributed by atoms with van der Waals surface area (Å²) in [4.78, 5) is 12.7. The van der Waals surface area contributed by atoms with Crippen LogP contribution in [0.25, 0.3) is 16.8 Å². The van der Waals surface area contributed by atoms with E-state index >= 15 is 0 Å². The average molecular weight is 540 g/mol. The van der Waals surface area contributed by atoms with Gasteiger partial charge in [-0.25, -0.2) is 9.48 Å². The van der Waals surface area contributed by atoms with Gasteiger partial charge < -0.3 is 9.47 Å². The summed E-state index contributed by atoms with van der Waals surface area (Å²) in [6.07, 6.45) is 11.1. The van der Waals surface area contributed by atoms with Gasteiger partial charge in [-0.1, -0.05) is 48.7 Å². The Morgan fingerprint density at radius 1 is 1.07 bits per heavy atom. The highest BCUT2D eigenvalue weighted by Gasteiger charge is 2.46. The van der Waals surface area contributed by atoms with Crippen LogP contribution in [0.3, 0.4) is 0 Å². The third-order valence-electron chi connectivity index (χ3n) is 8.67. The smallest absolute Gasteiger partial charge is 0.341 e. The molecule has 40 heavy (non-hydrogen) atoms. The van der Waals surface area contributed by atoms with Crippen LogP contribution in [0, 0.1) is 12.8 Å². The minimum atomic E-state index is -0.380. The molecule has 0 radical (unpaired) electrons. The zero-order chi connectivity index (χ0) is 27.8. The lowest BCUT2D eigenvalue weighted by Gasteiger charge is -2.29. The van der Waals surface area contributed by atoms with E-state index in [0.717, 1.165) is 45.9 Å². The summed E-state index contributed by atoms with van der Waals surface area (Å²) in [7, 11) is 3.27. The van der Waals surface area contributed by atoms with Crippen molar-refractivity contribution in [2.24, 2.45) is 13.0 Å². The molecule has 3 atom stereocenters. The highest BCUT2D eigenvalue weighted by Crippen LogP contribution is 2.55. The highest BCUT2D eigenvalue weighted by atomic mass is 16.5. The molecule has 6 rings (SSSR count). The van der Waals surface area contributed by atoms with E-state index in [2.05, 4.69) is 59.6 Å². The SMILES string of the molecule is COC(=O)c1cnn(-c2cccc(-c3cccc(OC(C)C4CCCCC4)c3C)c2)c1C1CC1c1cn(C)nn1. The van der Waals surface area contributed by atoms with Crippen LogP contribution in [0.2, 0.25) is 0 Å². The van der Waals surface area contributed by atoms with Crippen molar-refractivity contribution in [3.63, 3.8) is 0 Å². The average Bonchev–Trinajstić information content (AvgIpc) is 3.43. The van der Waals surface area contributed by atoms with Crippen LogP contribution >= 0.6 is 0 Å². The molecule has 2 aromatic carbocycles. The number of hydrogen-bond donors (Lipinski definition) is 0. The van der Waals surface area contributed by atoms with Gasteiger partial charge in [-0.05, 0) is 73.9 Å². The lowest BCUT2D eigenvalue weighted by atomic mass is 9.86. The molecular weight excluding hydrogens is 502 g/mol. The first-order valence-corrected chi connectivity index (χ1v) is 14.3. The molecular formula is C32H37N5O3. The van der Waals surface area contributed by atoms with Gasteiger partial charge >= 0.3 is 5.97 Å². The van der Waals surface area contributed by atoms with E-state index in [4.69, 9.17) is 9.47 Å². The number of carbonyl (C=O) groups excluding carboxylic acids is 1. The molecule has 8 nitrogen and oxygen atoms in total. The molecule has 0 aliphatic heterocycles. The van der Waals surface area contributed by atoms with E-state index in [1.807, 2.05) is 30.1 Å². The predicted octanol–water partition coefficient (Wildman–Crippen LogP) is 6.38. The van der Waals surface area contributed by atoms with Crippen molar-refractivity contribution in [1.29, 1.82) is 0 Å². The van der Waals surface area contributed by atoms with Crippen molar-refractivity contribution in [3.05, 3.63) is 77.4 Å². The molecule has 8 heteroatoms. The standard InChI is InChI=1S/C32H37N5O3/c1-20-25(14-9-15-30(20)40-21(2)22-10-6-5-7-11-22)23-12-8-13-24(16-23)37-31(28(18-33-37)32(38)39-4)27-17-26(27)29-19-36(3)35-34-29/h8-9,12-16,18-19,21-22,26-27H,5-7,10-11,17H2,1-4H3. The van der Waals surface area contributed by atoms with Crippen molar-refractivity contribution in [2.45, 2.75) is 70.3 Å². The van der Waals surface area contributed by atoms with E-state index in [-0.39, 0.29) is 23.9 Å². The maximum Gasteiger partial charge on any atom is 0.341 e. The van der Waals surface area contributed by atoms with Crippen LogP contribution in [-0.2, 0) is 11.8 Å². The molecule has 2 aliphatic rings. The quantitative estimate of drug-likeness (QED) is 0.242. The lowest BCUT2D eigenvalue weighted by molar-refractivity contribution is 0.0599. The fourth-order valence-corrected chi connectivity index (χ4v) is 6.31. The molecule has 208 valence electrons. The van der Waals surface area contributed by atoms with Gasteiger partial charge in [-0.15, -0.1) is 5.10 Å². The van der Waals surface area contributed by atoms with Gasteiger partial charge in [0, 0.05) is 25.1 Å². The summed E-state index contributed by atoms with van der Waals surface area (Å²) in [6, 6.07) is 14.6. The summed E-state index contributed by atoms with van der Waals surface area (Å²) in [5.74, 6) is 1.48. The molecule has 0 amide bonds. The van der Waals surface area contributed by atoms with Gasteiger partial charge in [0.1, 0.15) is 11.3 Å². The summed E-state index contributed by atoms with van der Waals surface area (Å²) >= 11 is 0. The Hall–Kier alpha value is -3.94. The molecule has 0 bridgehead atoms. The lowest BCUT2D eigenvalue weighted by Crippen LogP contribution is -2.26. The number of rotatable bonds is 8. The molecule has 2 aromatic heterocycles. The van der Waals surface area contributed by atoms with E-state index < -0.39 is 0 Å². The monoisotopic (exact) mass is 539 g/mol. The fourth-order valence-electron chi connectivity index (χ4n) is 6.31. The number of esters is 1. The first kappa shape index (κ1) is 26.3. The second-order valence-electron chi connectivity index (χ2n) is 11.3. The van der Waals surface area contributed by atoms with Crippen molar-refractivity contribution < 1.29 is 14.3 Å². The predicted molar refractivity (Wildman–Crippen MR) is 153 cm³/mol. The van der Waals surface area contributed by atoms with E-state index in [1.54, 1.807) is 10.9 Å². The van der Waals surface area contributed by atoms with Crippen LogP contribution < -0.4 is 4.74 Å². The largest absolute Gasteiger partial charge is 0.490 e. The van der Waals surface area contributed by atoms with Crippen LogP contribution in [0.15, 0.2) is 54.9 Å². The van der Waals surface area contributed by atoms with Gasteiger partial charge in [-0.2, -0.15) is 5.10 Å². The topological polar surface area (TPSA) is 84.1 Å². The summed E-state index contributed by atoms with van der Waals surface area (Å²) < 4.78 is 15.2. The summed E-state index contributed by atoms with van der Waals surface area (Å²) in [6.45, 7) is 4.35. The number of aromatic nitrogens is 5. The Labute approximate surface area is 235 Å². The van der Waals surface area contributed by atoms with Gasteiger partial charge in [0.15, 0.2) is 0 Å². The number of nitrogens with zero attached hydrogens (tertiary/aromatic N) is 5. The Morgan fingerprint density at radius 2 is 1.88 bits per heavy atom. The van der Waals surface area contributed by atoms with E-state index in [1.165, 1.54) is 39.2 Å². The van der Waals surface area contributed by atoms with Crippen LogP contribution in [0.1, 0.15) is 84.6 Å². The fraction of sp³-hybridized carbons (Fsp3) is 0.438.